The summed E-state index contributed by atoms with van der Waals surface area (Å²) >= 11 is 0. The number of nitrogen functional groups attached to an aromatic ring is 2. The maximum absolute atomic E-state index is 13.3. The van der Waals surface area contributed by atoms with Gasteiger partial charge in [-0.15, -0.1) is 0 Å². The van der Waals surface area contributed by atoms with Crippen LogP contribution in [-0.2, 0) is 0 Å². The summed E-state index contributed by atoms with van der Waals surface area (Å²) in [6.07, 6.45) is 0. The van der Waals surface area contributed by atoms with Crippen molar-refractivity contribution in [3.05, 3.63) is 59.4 Å². The minimum Gasteiger partial charge on any atom is -0.382 e. The molecule has 0 fully saturated rings. The summed E-state index contributed by atoms with van der Waals surface area (Å²) < 4.78 is 13.3. The van der Waals surface area contributed by atoms with Crippen LogP contribution in [0.15, 0.2) is 42.5 Å². The molecule has 1 aromatic heterocycles. The van der Waals surface area contributed by atoms with E-state index >= 15 is 0 Å². The molecule has 3 aromatic rings. The highest BCUT2D eigenvalue weighted by Crippen LogP contribution is 2.30. The summed E-state index contributed by atoms with van der Waals surface area (Å²) in [6.45, 7) is 1.84. The van der Waals surface area contributed by atoms with Gasteiger partial charge in [0.2, 0.25) is 5.95 Å². The quantitative estimate of drug-likeness (QED) is 0.754. The predicted molar refractivity (Wildman–Crippen MR) is 91.1 cm³/mol. The van der Waals surface area contributed by atoms with Gasteiger partial charge in [-0.2, -0.15) is 10.2 Å². The van der Waals surface area contributed by atoms with Crippen LogP contribution < -0.4 is 11.5 Å². The van der Waals surface area contributed by atoms with Crippen LogP contribution in [0.1, 0.15) is 11.1 Å². The third-order valence-electron chi connectivity index (χ3n) is 3.70. The van der Waals surface area contributed by atoms with Gasteiger partial charge < -0.3 is 11.5 Å². The molecule has 5 nitrogen and oxygen atoms in total. The van der Waals surface area contributed by atoms with Crippen LogP contribution in [0, 0.1) is 24.1 Å². The molecule has 0 radical (unpaired) electrons. The fraction of sp³-hybridized carbons (Fsp3) is 0.0556. The van der Waals surface area contributed by atoms with E-state index in [2.05, 4.69) is 9.97 Å². The van der Waals surface area contributed by atoms with Crippen LogP contribution in [0.3, 0.4) is 0 Å². The Labute approximate surface area is 138 Å². The van der Waals surface area contributed by atoms with Gasteiger partial charge >= 0.3 is 0 Å². The summed E-state index contributed by atoms with van der Waals surface area (Å²) in [5.74, 6) is -0.233. The standard InChI is InChI=1S/C18H14FN5/c1-10-7-13(19)5-6-14(10)11-3-2-4-12(8-11)16-15(9-20)17(21)24-18(22)23-16/h2-8H,1H3,(H4,21,22,23,24). The molecule has 24 heavy (non-hydrogen) atoms. The first-order valence-electron chi connectivity index (χ1n) is 7.19. The first-order chi connectivity index (χ1) is 11.5. The molecule has 0 aliphatic heterocycles. The van der Waals surface area contributed by atoms with Crippen LogP contribution >= 0.6 is 0 Å². The Morgan fingerprint density at radius 2 is 1.79 bits per heavy atom. The van der Waals surface area contributed by atoms with Crippen LogP contribution in [0.5, 0.6) is 0 Å². The minimum absolute atomic E-state index is 0.00451. The van der Waals surface area contributed by atoms with Gasteiger partial charge in [0.15, 0.2) is 0 Å². The van der Waals surface area contributed by atoms with Gasteiger partial charge in [-0.05, 0) is 41.8 Å². The number of nitrogens with zero attached hydrogens (tertiary/aromatic N) is 3. The van der Waals surface area contributed by atoms with Crippen molar-refractivity contribution >= 4 is 11.8 Å². The summed E-state index contributed by atoms with van der Waals surface area (Å²) in [4.78, 5) is 7.97. The topological polar surface area (TPSA) is 102 Å². The molecule has 0 aliphatic carbocycles. The molecule has 0 unspecified atom stereocenters. The molecule has 0 amide bonds. The highest BCUT2D eigenvalue weighted by atomic mass is 19.1. The van der Waals surface area contributed by atoms with Crippen molar-refractivity contribution < 1.29 is 4.39 Å². The molecular weight excluding hydrogens is 305 g/mol. The Morgan fingerprint density at radius 1 is 1.04 bits per heavy atom. The van der Waals surface area contributed by atoms with Crippen LogP contribution in [-0.4, -0.2) is 9.97 Å². The van der Waals surface area contributed by atoms with E-state index in [0.717, 1.165) is 16.7 Å². The molecule has 0 aliphatic rings. The van der Waals surface area contributed by atoms with Gasteiger partial charge in [-0.1, -0.05) is 24.3 Å². The molecular formula is C18H14FN5. The van der Waals surface area contributed by atoms with Gasteiger partial charge in [0.1, 0.15) is 23.3 Å². The summed E-state index contributed by atoms with van der Waals surface area (Å²) in [5.41, 5.74) is 15.3. The number of halogens is 1. The average Bonchev–Trinajstić information content (AvgIpc) is 2.54. The average molecular weight is 319 g/mol. The SMILES string of the molecule is Cc1cc(F)ccc1-c1cccc(-c2nc(N)nc(N)c2C#N)c1. The summed E-state index contributed by atoms with van der Waals surface area (Å²) in [6, 6.07) is 14.0. The molecule has 0 saturated heterocycles. The lowest BCUT2D eigenvalue weighted by Crippen LogP contribution is -2.05. The zero-order chi connectivity index (χ0) is 17.3. The third kappa shape index (κ3) is 2.75. The number of aryl methyl sites for hydroxylation is 1. The van der Waals surface area contributed by atoms with E-state index in [4.69, 9.17) is 11.5 Å². The lowest BCUT2D eigenvalue weighted by atomic mass is 9.97. The Hall–Kier alpha value is -3.46. The molecule has 0 spiro atoms. The van der Waals surface area contributed by atoms with E-state index in [-0.39, 0.29) is 23.1 Å². The smallest absolute Gasteiger partial charge is 0.222 e. The van der Waals surface area contributed by atoms with E-state index in [1.807, 2.05) is 37.3 Å². The minimum atomic E-state index is -0.282. The van der Waals surface area contributed by atoms with Gasteiger partial charge in [0.25, 0.3) is 0 Å². The molecule has 0 bridgehead atoms. The monoisotopic (exact) mass is 319 g/mol. The highest BCUT2D eigenvalue weighted by Gasteiger charge is 2.14. The second-order valence-corrected chi connectivity index (χ2v) is 5.34. The molecule has 6 heteroatoms. The van der Waals surface area contributed by atoms with Crippen molar-refractivity contribution in [2.45, 2.75) is 6.92 Å². The number of hydrogen-bond donors (Lipinski definition) is 2. The fourth-order valence-electron chi connectivity index (χ4n) is 2.60. The normalized spacial score (nSPS) is 10.4. The molecule has 4 N–H and O–H groups in total. The number of rotatable bonds is 2. The van der Waals surface area contributed by atoms with E-state index in [9.17, 15) is 9.65 Å². The van der Waals surface area contributed by atoms with Crippen LogP contribution in [0.4, 0.5) is 16.2 Å². The lowest BCUT2D eigenvalue weighted by molar-refractivity contribution is 0.627. The van der Waals surface area contributed by atoms with Gasteiger partial charge in [-0.3, -0.25) is 0 Å². The van der Waals surface area contributed by atoms with Gasteiger partial charge in [0.05, 0.1) is 5.69 Å². The number of nitriles is 1. The number of hydrogen-bond acceptors (Lipinski definition) is 5. The number of anilines is 2. The molecule has 0 atom stereocenters. The fourth-order valence-corrected chi connectivity index (χ4v) is 2.60. The van der Waals surface area contributed by atoms with E-state index in [0.29, 0.717) is 11.3 Å². The number of aromatic nitrogens is 2. The van der Waals surface area contributed by atoms with Crippen molar-refractivity contribution in [2.24, 2.45) is 0 Å². The third-order valence-corrected chi connectivity index (χ3v) is 3.70. The Bertz CT molecular complexity index is 976. The lowest BCUT2D eigenvalue weighted by Gasteiger charge is -2.10. The zero-order valence-corrected chi connectivity index (χ0v) is 12.9. The van der Waals surface area contributed by atoms with Crippen molar-refractivity contribution in [1.29, 1.82) is 5.26 Å². The Morgan fingerprint density at radius 3 is 2.50 bits per heavy atom. The van der Waals surface area contributed by atoms with E-state index in [1.54, 1.807) is 6.07 Å². The molecule has 0 saturated carbocycles. The van der Waals surface area contributed by atoms with Crippen molar-refractivity contribution in [1.82, 2.24) is 9.97 Å². The van der Waals surface area contributed by atoms with Crippen molar-refractivity contribution in [3.8, 4) is 28.5 Å². The number of nitrogens with two attached hydrogens (primary N) is 2. The zero-order valence-electron chi connectivity index (χ0n) is 12.9. The second-order valence-electron chi connectivity index (χ2n) is 5.34. The largest absolute Gasteiger partial charge is 0.382 e. The number of benzene rings is 2. The predicted octanol–water partition coefficient (Wildman–Crippen LogP) is 3.29. The van der Waals surface area contributed by atoms with E-state index in [1.165, 1.54) is 12.1 Å². The van der Waals surface area contributed by atoms with Crippen molar-refractivity contribution in [3.63, 3.8) is 0 Å². The molecule has 118 valence electrons. The van der Waals surface area contributed by atoms with Gasteiger partial charge in [-0.25, -0.2) is 9.37 Å². The van der Waals surface area contributed by atoms with E-state index < -0.39 is 0 Å². The maximum Gasteiger partial charge on any atom is 0.222 e. The Balaban J connectivity index is 2.18. The van der Waals surface area contributed by atoms with Gasteiger partial charge in [0, 0.05) is 5.56 Å². The summed E-state index contributed by atoms with van der Waals surface area (Å²) in [7, 11) is 0. The molecule has 1 heterocycles. The highest BCUT2D eigenvalue weighted by molar-refractivity contribution is 5.78. The first kappa shape index (κ1) is 15.4. The maximum atomic E-state index is 13.3. The molecule has 3 rings (SSSR count). The van der Waals surface area contributed by atoms with Crippen molar-refractivity contribution in [2.75, 3.05) is 11.5 Å². The first-order valence-corrected chi connectivity index (χ1v) is 7.19. The summed E-state index contributed by atoms with van der Waals surface area (Å²) in [5, 5.41) is 9.32. The molecule has 2 aromatic carbocycles. The second kappa shape index (κ2) is 5.97. The van der Waals surface area contributed by atoms with Crippen LogP contribution in [0.2, 0.25) is 0 Å². The Kier molecular flexibility index (Phi) is 3.84. The van der Waals surface area contributed by atoms with Crippen LogP contribution in [0.25, 0.3) is 22.4 Å².